The normalized spacial score (nSPS) is 9.81. The molecular weight excluding hydrogens is 224 g/mol. The number of aromatic nitrogens is 1. The highest BCUT2D eigenvalue weighted by Gasteiger charge is 2.03. The van der Waals surface area contributed by atoms with E-state index in [0.29, 0.717) is 0 Å². The van der Waals surface area contributed by atoms with E-state index < -0.39 is 0 Å². The first-order valence-corrected chi connectivity index (χ1v) is 5.10. The third kappa shape index (κ3) is 3.08. The van der Waals surface area contributed by atoms with Crippen molar-refractivity contribution in [3.8, 4) is 11.3 Å². The lowest BCUT2D eigenvalue weighted by Gasteiger charge is -1.97. The molecule has 4 heteroatoms. The minimum Gasteiger partial charge on any atom is -0.460 e. The van der Waals surface area contributed by atoms with Crippen LogP contribution in [0.4, 0.5) is 0 Å². The van der Waals surface area contributed by atoms with Gasteiger partial charge in [-0.3, -0.25) is 4.98 Å². The minimum atomic E-state index is 0. The van der Waals surface area contributed by atoms with E-state index in [4.69, 9.17) is 4.42 Å². The summed E-state index contributed by atoms with van der Waals surface area (Å²) in [5, 5.41) is 3.22. The molecule has 0 radical (unpaired) electrons. The first-order chi connectivity index (χ1) is 7.40. The minimum absolute atomic E-state index is 0. The van der Waals surface area contributed by atoms with Crippen molar-refractivity contribution >= 4 is 12.4 Å². The second-order valence-corrected chi connectivity index (χ2v) is 3.29. The van der Waals surface area contributed by atoms with Gasteiger partial charge in [-0.25, -0.2) is 0 Å². The van der Waals surface area contributed by atoms with E-state index in [9.17, 15) is 0 Å². The highest BCUT2D eigenvalue weighted by Crippen LogP contribution is 2.20. The van der Waals surface area contributed by atoms with Gasteiger partial charge in [-0.05, 0) is 30.8 Å². The van der Waals surface area contributed by atoms with Gasteiger partial charge in [0.1, 0.15) is 11.5 Å². The van der Waals surface area contributed by atoms with Crippen LogP contribution in [0.1, 0.15) is 12.7 Å². The van der Waals surface area contributed by atoms with E-state index in [1.165, 1.54) is 0 Å². The molecule has 0 spiro atoms. The van der Waals surface area contributed by atoms with Crippen molar-refractivity contribution < 1.29 is 4.42 Å². The third-order valence-corrected chi connectivity index (χ3v) is 2.16. The van der Waals surface area contributed by atoms with Gasteiger partial charge < -0.3 is 9.73 Å². The van der Waals surface area contributed by atoms with Crippen LogP contribution in [0.15, 0.2) is 41.1 Å². The summed E-state index contributed by atoms with van der Waals surface area (Å²) in [4.78, 5) is 4.06. The molecule has 0 aliphatic rings. The number of hydrogen-bond acceptors (Lipinski definition) is 3. The van der Waals surface area contributed by atoms with Crippen LogP contribution in [0.5, 0.6) is 0 Å². The Morgan fingerprint density at radius 2 is 2.19 bits per heavy atom. The van der Waals surface area contributed by atoms with Crippen molar-refractivity contribution in [1.82, 2.24) is 10.3 Å². The molecule has 2 aromatic rings. The summed E-state index contributed by atoms with van der Waals surface area (Å²) in [6.45, 7) is 3.80. The van der Waals surface area contributed by atoms with E-state index in [1.54, 1.807) is 12.4 Å². The average molecular weight is 239 g/mol. The van der Waals surface area contributed by atoms with Crippen molar-refractivity contribution in [3.05, 3.63) is 42.4 Å². The summed E-state index contributed by atoms with van der Waals surface area (Å²) in [7, 11) is 0. The average Bonchev–Trinajstić information content (AvgIpc) is 2.76. The molecule has 0 aliphatic carbocycles. The topological polar surface area (TPSA) is 38.1 Å². The van der Waals surface area contributed by atoms with Gasteiger partial charge in [-0.15, -0.1) is 12.4 Å². The summed E-state index contributed by atoms with van der Waals surface area (Å²) in [5.74, 6) is 1.83. The first kappa shape index (κ1) is 12.7. The van der Waals surface area contributed by atoms with Crippen molar-refractivity contribution in [2.24, 2.45) is 0 Å². The molecule has 1 N–H and O–H groups in total. The second kappa shape index (κ2) is 6.30. The Kier molecular flexibility index (Phi) is 5.02. The van der Waals surface area contributed by atoms with Gasteiger partial charge in [0.2, 0.25) is 0 Å². The lowest BCUT2D eigenvalue weighted by Crippen LogP contribution is -2.10. The number of rotatable bonds is 4. The summed E-state index contributed by atoms with van der Waals surface area (Å²) in [6, 6.07) is 7.86. The van der Waals surface area contributed by atoms with Crippen LogP contribution in [0, 0.1) is 0 Å². The summed E-state index contributed by atoms with van der Waals surface area (Å²) in [6.07, 6.45) is 3.56. The van der Waals surface area contributed by atoms with Gasteiger partial charge in [0.25, 0.3) is 0 Å². The molecule has 2 aromatic heterocycles. The van der Waals surface area contributed by atoms with Crippen molar-refractivity contribution in [1.29, 1.82) is 0 Å². The fourth-order valence-corrected chi connectivity index (χ4v) is 1.38. The predicted molar refractivity (Wildman–Crippen MR) is 66.6 cm³/mol. The summed E-state index contributed by atoms with van der Waals surface area (Å²) >= 11 is 0. The Hall–Kier alpha value is -1.32. The largest absolute Gasteiger partial charge is 0.460 e. The molecule has 0 bridgehead atoms. The molecule has 0 aliphatic heterocycles. The van der Waals surface area contributed by atoms with Gasteiger partial charge in [0.05, 0.1) is 6.54 Å². The smallest absolute Gasteiger partial charge is 0.135 e. The van der Waals surface area contributed by atoms with Crippen LogP contribution < -0.4 is 5.32 Å². The highest BCUT2D eigenvalue weighted by molar-refractivity contribution is 5.85. The molecule has 0 saturated heterocycles. The molecular formula is C12H15ClN2O. The van der Waals surface area contributed by atoms with E-state index in [0.717, 1.165) is 30.2 Å². The quantitative estimate of drug-likeness (QED) is 0.890. The summed E-state index contributed by atoms with van der Waals surface area (Å²) in [5.41, 5.74) is 1.01. The van der Waals surface area contributed by atoms with E-state index in [2.05, 4.69) is 17.2 Å². The Bertz CT molecular complexity index is 414. The first-order valence-electron chi connectivity index (χ1n) is 5.10. The molecule has 16 heavy (non-hydrogen) atoms. The number of nitrogens with zero attached hydrogens (tertiary/aromatic N) is 1. The van der Waals surface area contributed by atoms with Gasteiger partial charge in [-0.2, -0.15) is 0 Å². The molecule has 2 heterocycles. The zero-order valence-corrected chi connectivity index (χ0v) is 9.96. The monoisotopic (exact) mass is 238 g/mol. The Morgan fingerprint density at radius 1 is 1.31 bits per heavy atom. The number of furan rings is 1. The van der Waals surface area contributed by atoms with E-state index in [1.807, 2.05) is 24.3 Å². The van der Waals surface area contributed by atoms with E-state index in [-0.39, 0.29) is 12.4 Å². The van der Waals surface area contributed by atoms with Crippen LogP contribution in [0.2, 0.25) is 0 Å². The highest BCUT2D eigenvalue weighted by atomic mass is 35.5. The molecule has 2 rings (SSSR count). The molecule has 0 saturated carbocycles. The molecule has 0 amide bonds. The Morgan fingerprint density at radius 3 is 2.88 bits per heavy atom. The second-order valence-electron chi connectivity index (χ2n) is 3.29. The van der Waals surface area contributed by atoms with Gasteiger partial charge in [0.15, 0.2) is 0 Å². The van der Waals surface area contributed by atoms with Crippen LogP contribution in [0.25, 0.3) is 11.3 Å². The molecule has 0 fully saturated rings. The van der Waals surface area contributed by atoms with Crippen molar-refractivity contribution in [2.75, 3.05) is 6.54 Å². The standard InChI is InChI=1S/C12H14N2O.ClH/c1-2-13-9-11-5-6-12(15-11)10-4-3-7-14-8-10;/h3-8,13H,2,9H2,1H3;1H. The number of hydrogen-bond donors (Lipinski definition) is 1. The number of nitrogens with one attached hydrogen (secondary N) is 1. The lowest BCUT2D eigenvalue weighted by molar-refractivity contribution is 0.498. The Labute approximate surface area is 101 Å². The van der Waals surface area contributed by atoms with Crippen LogP contribution in [-0.4, -0.2) is 11.5 Å². The molecule has 0 aromatic carbocycles. The van der Waals surface area contributed by atoms with Crippen molar-refractivity contribution in [3.63, 3.8) is 0 Å². The van der Waals surface area contributed by atoms with Crippen LogP contribution in [0.3, 0.4) is 0 Å². The predicted octanol–water partition coefficient (Wildman–Crippen LogP) is 2.87. The maximum absolute atomic E-state index is 5.67. The number of halogens is 1. The zero-order valence-electron chi connectivity index (χ0n) is 9.14. The lowest BCUT2D eigenvalue weighted by atomic mass is 10.2. The number of pyridine rings is 1. The van der Waals surface area contributed by atoms with Gasteiger partial charge >= 0.3 is 0 Å². The summed E-state index contributed by atoms with van der Waals surface area (Å²) < 4.78 is 5.67. The fourth-order valence-electron chi connectivity index (χ4n) is 1.38. The Balaban J connectivity index is 0.00000128. The zero-order chi connectivity index (χ0) is 10.5. The van der Waals surface area contributed by atoms with Crippen LogP contribution in [-0.2, 0) is 6.54 Å². The molecule has 86 valence electrons. The van der Waals surface area contributed by atoms with Gasteiger partial charge in [-0.1, -0.05) is 6.92 Å². The van der Waals surface area contributed by atoms with Crippen molar-refractivity contribution in [2.45, 2.75) is 13.5 Å². The van der Waals surface area contributed by atoms with Crippen LogP contribution >= 0.6 is 12.4 Å². The molecule has 0 unspecified atom stereocenters. The van der Waals surface area contributed by atoms with E-state index >= 15 is 0 Å². The molecule has 0 atom stereocenters. The fraction of sp³-hybridized carbons (Fsp3) is 0.250. The SMILES string of the molecule is CCNCc1ccc(-c2cccnc2)o1.Cl. The third-order valence-electron chi connectivity index (χ3n) is 2.16. The maximum atomic E-state index is 5.67. The maximum Gasteiger partial charge on any atom is 0.135 e. The van der Waals surface area contributed by atoms with Gasteiger partial charge in [0, 0.05) is 18.0 Å². The molecule has 3 nitrogen and oxygen atoms in total.